The molecule has 186 valence electrons. The monoisotopic (exact) mass is 478 g/mol. The van der Waals surface area contributed by atoms with Crippen molar-refractivity contribution in [1.82, 2.24) is 20.4 Å². The standard InChI is InChI=1S/C27H34N4O4/c1-3-34-24-11-5-4-8-20(24)9-6-16-28-27(32)22-10-7-17-31(18-22)19-25-29-26(30-35-25)21-12-14-23(33-2)15-13-21/h4-5,8,11-15,22H,3,6-7,9-10,16-19H2,1-2H3,(H,28,32). The van der Waals surface area contributed by atoms with Crippen LogP contribution in [0.25, 0.3) is 11.4 Å². The van der Waals surface area contributed by atoms with E-state index in [1.807, 2.05) is 49.4 Å². The van der Waals surface area contributed by atoms with E-state index in [2.05, 4.69) is 26.4 Å². The van der Waals surface area contributed by atoms with Crippen molar-refractivity contribution in [3.05, 3.63) is 60.0 Å². The molecule has 8 nitrogen and oxygen atoms in total. The summed E-state index contributed by atoms with van der Waals surface area (Å²) < 4.78 is 16.4. The van der Waals surface area contributed by atoms with Gasteiger partial charge in [-0.2, -0.15) is 4.98 Å². The van der Waals surface area contributed by atoms with E-state index >= 15 is 0 Å². The number of hydrogen-bond donors (Lipinski definition) is 1. The zero-order chi connectivity index (χ0) is 24.5. The summed E-state index contributed by atoms with van der Waals surface area (Å²) in [5.41, 5.74) is 2.06. The van der Waals surface area contributed by atoms with E-state index in [9.17, 15) is 4.79 Å². The third-order valence-corrected chi connectivity index (χ3v) is 6.25. The molecule has 1 unspecified atom stereocenters. The van der Waals surface area contributed by atoms with E-state index in [4.69, 9.17) is 14.0 Å². The Morgan fingerprint density at radius 1 is 1.20 bits per heavy atom. The Kier molecular flexibility index (Phi) is 8.73. The van der Waals surface area contributed by atoms with Gasteiger partial charge in [0.1, 0.15) is 11.5 Å². The Bertz CT molecular complexity index is 1080. The summed E-state index contributed by atoms with van der Waals surface area (Å²) in [6.07, 6.45) is 3.62. The Morgan fingerprint density at radius 3 is 2.83 bits per heavy atom. The lowest BCUT2D eigenvalue weighted by Crippen LogP contribution is -2.43. The molecule has 0 radical (unpaired) electrons. The predicted molar refractivity (Wildman–Crippen MR) is 133 cm³/mol. The number of carbonyl (C=O) groups excluding carboxylic acids is 1. The topological polar surface area (TPSA) is 89.7 Å². The van der Waals surface area contributed by atoms with Crippen molar-refractivity contribution in [2.24, 2.45) is 5.92 Å². The number of nitrogens with zero attached hydrogens (tertiary/aromatic N) is 3. The molecule has 0 aliphatic carbocycles. The summed E-state index contributed by atoms with van der Waals surface area (Å²) in [6, 6.07) is 15.7. The number of nitrogens with one attached hydrogen (secondary N) is 1. The molecule has 2 aromatic carbocycles. The SMILES string of the molecule is CCOc1ccccc1CCCNC(=O)C1CCCN(Cc2nc(-c3ccc(OC)cc3)no2)C1. The van der Waals surface area contributed by atoms with Crippen LogP contribution in [-0.4, -0.2) is 54.3 Å². The van der Waals surface area contributed by atoms with Crippen LogP contribution in [0.5, 0.6) is 11.5 Å². The molecule has 0 saturated carbocycles. The highest BCUT2D eigenvalue weighted by Crippen LogP contribution is 2.22. The number of para-hydroxylation sites is 1. The van der Waals surface area contributed by atoms with E-state index in [1.54, 1.807) is 7.11 Å². The number of aromatic nitrogens is 2. The summed E-state index contributed by atoms with van der Waals surface area (Å²) in [5.74, 6) is 2.93. The largest absolute Gasteiger partial charge is 0.497 e. The lowest BCUT2D eigenvalue weighted by Gasteiger charge is -2.30. The summed E-state index contributed by atoms with van der Waals surface area (Å²) in [5, 5.41) is 7.24. The van der Waals surface area contributed by atoms with Gasteiger partial charge < -0.3 is 19.3 Å². The van der Waals surface area contributed by atoms with Gasteiger partial charge in [-0.3, -0.25) is 9.69 Å². The normalized spacial score (nSPS) is 16.1. The fraction of sp³-hybridized carbons (Fsp3) is 0.444. The van der Waals surface area contributed by atoms with E-state index in [-0.39, 0.29) is 11.8 Å². The first-order chi connectivity index (χ1) is 17.2. The number of amides is 1. The van der Waals surface area contributed by atoms with Crippen LogP contribution in [-0.2, 0) is 17.8 Å². The third kappa shape index (κ3) is 6.82. The van der Waals surface area contributed by atoms with Gasteiger partial charge in [0.15, 0.2) is 0 Å². The molecule has 1 aromatic heterocycles. The minimum absolute atomic E-state index is 0.0246. The quantitative estimate of drug-likeness (QED) is 0.415. The Morgan fingerprint density at radius 2 is 2.03 bits per heavy atom. The van der Waals surface area contributed by atoms with Crippen LogP contribution in [0.15, 0.2) is 53.1 Å². The highest BCUT2D eigenvalue weighted by atomic mass is 16.5. The Balaban J connectivity index is 1.23. The number of ether oxygens (including phenoxy) is 2. The average Bonchev–Trinajstić information content (AvgIpc) is 3.36. The molecular formula is C27H34N4O4. The maximum absolute atomic E-state index is 12.8. The number of benzene rings is 2. The van der Waals surface area contributed by atoms with Crippen molar-refractivity contribution >= 4 is 5.91 Å². The van der Waals surface area contributed by atoms with E-state index < -0.39 is 0 Å². The minimum atomic E-state index is -0.0246. The number of likely N-dealkylation sites (tertiary alicyclic amines) is 1. The predicted octanol–water partition coefficient (Wildman–Crippen LogP) is 4.10. The number of aryl methyl sites for hydroxylation is 1. The molecule has 1 amide bonds. The molecule has 2 heterocycles. The smallest absolute Gasteiger partial charge is 0.241 e. The number of hydrogen-bond acceptors (Lipinski definition) is 7. The highest BCUT2D eigenvalue weighted by Gasteiger charge is 2.26. The zero-order valence-electron chi connectivity index (χ0n) is 20.5. The molecule has 1 saturated heterocycles. The van der Waals surface area contributed by atoms with Gasteiger partial charge in [0.05, 0.1) is 26.2 Å². The highest BCUT2D eigenvalue weighted by molar-refractivity contribution is 5.78. The maximum atomic E-state index is 12.8. The van der Waals surface area contributed by atoms with Crippen molar-refractivity contribution in [3.8, 4) is 22.9 Å². The lowest BCUT2D eigenvalue weighted by atomic mass is 9.97. The first-order valence-corrected chi connectivity index (χ1v) is 12.3. The van der Waals surface area contributed by atoms with E-state index in [0.717, 1.165) is 49.3 Å². The summed E-state index contributed by atoms with van der Waals surface area (Å²) in [4.78, 5) is 19.6. The van der Waals surface area contributed by atoms with Crippen LogP contribution in [0.3, 0.4) is 0 Å². The molecule has 4 rings (SSSR count). The molecule has 1 aliphatic rings. The van der Waals surface area contributed by atoms with Gasteiger partial charge in [-0.05, 0) is 75.0 Å². The van der Waals surface area contributed by atoms with Crippen LogP contribution in [0.2, 0.25) is 0 Å². The van der Waals surface area contributed by atoms with Gasteiger partial charge in [-0.1, -0.05) is 23.4 Å². The Labute approximate surface area is 206 Å². The lowest BCUT2D eigenvalue weighted by molar-refractivity contribution is -0.126. The molecular weight excluding hydrogens is 444 g/mol. The van der Waals surface area contributed by atoms with Crippen molar-refractivity contribution < 1.29 is 18.8 Å². The van der Waals surface area contributed by atoms with E-state index in [0.29, 0.717) is 38.0 Å². The fourth-order valence-corrected chi connectivity index (χ4v) is 4.42. The summed E-state index contributed by atoms with van der Waals surface area (Å²) in [7, 11) is 1.64. The second kappa shape index (κ2) is 12.4. The molecule has 8 heteroatoms. The first kappa shape index (κ1) is 24.7. The van der Waals surface area contributed by atoms with Crippen LogP contribution in [0.4, 0.5) is 0 Å². The number of methoxy groups -OCH3 is 1. The van der Waals surface area contributed by atoms with Gasteiger partial charge in [-0.15, -0.1) is 0 Å². The minimum Gasteiger partial charge on any atom is -0.497 e. The zero-order valence-corrected chi connectivity index (χ0v) is 20.5. The number of piperidine rings is 1. The molecule has 1 N–H and O–H groups in total. The van der Waals surface area contributed by atoms with Crippen molar-refractivity contribution in [2.45, 2.75) is 39.2 Å². The van der Waals surface area contributed by atoms with E-state index in [1.165, 1.54) is 5.56 Å². The molecule has 0 bridgehead atoms. The van der Waals surface area contributed by atoms with Crippen molar-refractivity contribution in [1.29, 1.82) is 0 Å². The van der Waals surface area contributed by atoms with Gasteiger partial charge in [0.2, 0.25) is 17.6 Å². The van der Waals surface area contributed by atoms with Crippen LogP contribution < -0.4 is 14.8 Å². The van der Waals surface area contributed by atoms with Crippen LogP contribution in [0, 0.1) is 5.92 Å². The van der Waals surface area contributed by atoms with Gasteiger partial charge in [-0.25, -0.2) is 0 Å². The van der Waals surface area contributed by atoms with Crippen molar-refractivity contribution in [2.75, 3.05) is 33.4 Å². The number of carbonyl (C=O) groups is 1. The average molecular weight is 479 g/mol. The van der Waals surface area contributed by atoms with Crippen molar-refractivity contribution in [3.63, 3.8) is 0 Å². The van der Waals surface area contributed by atoms with Gasteiger partial charge >= 0.3 is 0 Å². The second-order valence-electron chi connectivity index (χ2n) is 8.75. The first-order valence-electron chi connectivity index (χ1n) is 12.3. The molecule has 1 atom stereocenters. The molecule has 1 fully saturated rings. The Hall–Kier alpha value is -3.39. The second-order valence-corrected chi connectivity index (χ2v) is 8.75. The van der Waals surface area contributed by atoms with Gasteiger partial charge in [0, 0.05) is 18.7 Å². The molecule has 3 aromatic rings. The van der Waals surface area contributed by atoms with Crippen LogP contribution >= 0.6 is 0 Å². The molecule has 0 spiro atoms. The summed E-state index contributed by atoms with van der Waals surface area (Å²) in [6.45, 7) is 5.45. The van der Waals surface area contributed by atoms with Gasteiger partial charge in [0.25, 0.3) is 0 Å². The van der Waals surface area contributed by atoms with Crippen LogP contribution in [0.1, 0.15) is 37.6 Å². The summed E-state index contributed by atoms with van der Waals surface area (Å²) >= 11 is 0. The molecule has 35 heavy (non-hydrogen) atoms. The maximum Gasteiger partial charge on any atom is 0.241 e. The molecule has 1 aliphatic heterocycles. The fourth-order valence-electron chi connectivity index (χ4n) is 4.42. The number of rotatable bonds is 11. The third-order valence-electron chi connectivity index (χ3n) is 6.25.